The Balaban J connectivity index is 1.76. The van der Waals surface area contributed by atoms with Gasteiger partial charge in [-0.15, -0.1) is 11.8 Å². The van der Waals surface area contributed by atoms with E-state index in [0.717, 1.165) is 54.6 Å². The minimum absolute atomic E-state index is 0.0749. The van der Waals surface area contributed by atoms with Crippen LogP contribution in [-0.4, -0.2) is 70.4 Å². The molecule has 2 aliphatic rings. The number of carbonyl (C=O) groups is 1. The Labute approximate surface area is 215 Å². The number of carbonyl (C=O) groups excluding carboxylic acids is 1. The van der Waals surface area contributed by atoms with Crippen LogP contribution in [0.5, 0.6) is 0 Å². The third kappa shape index (κ3) is 5.01. The fourth-order valence-electron chi connectivity index (χ4n) is 4.25. The monoisotopic (exact) mass is 515 g/mol. The van der Waals surface area contributed by atoms with E-state index in [2.05, 4.69) is 22.9 Å². The van der Waals surface area contributed by atoms with Crippen molar-refractivity contribution in [3.8, 4) is 6.07 Å². The van der Waals surface area contributed by atoms with Gasteiger partial charge in [0.05, 0.1) is 31.9 Å². The molecule has 2 heterocycles. The summed E-state index contributed by atoms with van der Waals surface area (Å²) in [7, 11) is 5.99. The first-order chi connectivity index (χ1) is 16.3. The number of halogens is 2. The van der Waals surface area contributed by atoms with Gasteiger partial charge in [0.2, 0.25) is 0 Å². The lowest BCUT2D eigenvalue weighted by Gasteiger charge is -2.36. The van der Waals surface area contributed by atoms with Crippen molar-refractivity contribution >= 4 is 64.0 Å². The van der Waals surface area contributed by atoms with E-state index in [1.54, 1.807) is 28.8 Å². The summed E-state index contributed by atoms with van der Waals surface area (Å²) in [5.74, 6) is 0.692. The molecule has 178 valence electrons. The molecule has 0 saturated carbocycles. The van der Waals surface area contributed by atoms with E-state index in [1.165, 1.54) is 0 Å². The van der Waals surface area contributed by atoms with Gasteiger partial charge in [-0.3, -0.25) is 4.79 Å². The number of amides is 1. The minimum atomic E-state index is -0.0749. The van der Waals surface area contributed by atoms with Gasteiger partial charge in [0, 0.05) is 63.8 Å². The number of piperazine rings is 1. The molecule has 2 fully saturated rings. The number of rotatable bonds is 4. The Morgan fingerprint density at radius 1 is 1.06 bits per heavy atom. The molecule has 0 spiro atoms. The number of anilines is 3. The van der Waals surface area contributed by atoms with Crippen LogP contribution in [0.25, 0.3) is 6.08 Å². The number of hydrogen-bond donors (Lipinski definition) is 0. The molecule has 0 aromatic heterocycles. The van der Waals surface area contributed by atoms with E-state index >= 15 is 0 Å². The predicted octanol–water partition coefficient (Wildman–Crippen LogP) is 4.80. The predicted molar refractivity (Wildman–Crippen MR) is 144 cm³/mol. The fraction of sp³-hybridized carbons (Fsp3) is 0.360. The Bertz CT molecular complexity index is 1170. The zero-order chi connectivity index (χ0) is 24.4. The summed E-state index contributed by atoms with van der Waals surface area (Å²) in [4.78, 5) is 22.4. The first-order valence-electron chi connectivity index (χ1n) is 11.1. The minimum Gasteiger partial charge on any atom is -0.377 e. The molecular formula is C25H27Cl2N5OS. The maximum absolute atomic E-state index is 13.5. The molecule has 2 aromatic carbocycles. The molecule has 0 unspecified atom stereocenters. The number of benzene rings is 2. The van der Waals surface area contributed by atoms with Crippen LogP contribution >= 0.6 is 35.0 Å². The van der Waals surface area contributed by atoms with E-state index in [-0.39, 0.29) is 5.91 Å². The molecule has 4 rings (SSSR count). The zero-order valence-corrected chi connectivity index (χ0v) is 21.8. The van der Waals surface area contributed by atoms with E-state index in [4.69, 9.17) is 23.2 Å². The summed E-state index contributed by atoms with van der Waals surface area (Å²) in [6.07, 6.45) is 1.94. The maximum Gasteiger partial charge on any atom is 0.264 e. The lowest BCUT2D eigenvalue weighted by molar-refractivity contribution is -0.114. The van der Waals surface area contributed by atoms with Gasteiger partial charge in [-0.1, -0.05) is 29.3 Å². The average Bonchev–Trinajstić information content (AvgIpc) is 2.82. The molecule has 2 aliphatic heterocycles. The molecule has 0 aliphatic carbocycles. The van der Waals surface area contributed by atoms with Crippen molar-refractivity contribution in [2.24, 2.45) is 0 Å². The molecule has 1 amide bonds. The molecule has 0 radical (unpaired) electrons. The first kappa shape index (κ1) is 24.7. The molecule has 6 nitrogen and oxygen atoms in total. The van der Waals surface area contributed by atoms with E-state index < -0.39 is 0 Å². The van der Waals surface area contributed by atoms with Crippen LogP contribution in [-0.2, 0) is 4.79 Å². The highest BCUT2D eigenvalue weighted by Gasteiger charge is 2.28. The Morgan fingerprint density at radius 3 is 2.44 bits per heavy atom. The average molecular weight is 516 g/mol. The van der Waals surface area contributed by atoms with Gasteiger partial charge >= 0.3 is 0 Å². The largest absolute Gasteiger partial charge is 0.377 e. The summed E-state index contributed by atoms with van der Waals surface area (Å²) >= 11 is 13.8. The SMILES string of the molecule is CN1CCN(c2c(C=C3SCCN(c4ccc(Cl)c(Cl)c4)C3=O)ccc(N(C)C)c2C#N)CC1. The van der Waals surface area contributed by atoms with E-state index in [0.29, 0.717) is 27.1 Å². The Kier molecular flexibility index (Phi) is 7.63. The van der Waals surface area contributed by atoms with Crippen LogP contribution in [0.15, 0.2) is 35.2 Å². The van der Waals surface area contributed by atoms with Crippen LogP contribution in [0, 0.1) is 11.3 Å². The zero-order valence-electron chi connectivity index (χ0n) is 19.5. The van der Waals surface area contributed by atoms with Gasteiger partial charge in [0.1, 0.15) is 6.07 Å². The van der Waals surface area contributed by atoms with Crippen molar-refractivity contribution in [1.29, 1.82) is 5.26 Å². The van der Waals surface area contributed by atoms with Crippen molar-refractivity contribution in [1.82, 2.24) is 4.90 Å². The van der Waals surface area contributed by atoms with Crippen LogP contribution in [0.2, 0.25) is 10.0 Å². The highest BCUT2D eigenvalue weighted by atomic mass is 35.5. The summed E-state index contributed by atoms with van der Waals surface area (Å²) < 4.78 is 0. The number of nitrogens with zero attached hydrogens (tertiary/aromatic N) is 5. The summed E-state index contributed by atoms with van der Waals surface area (Å²) in [6.45, 7) is 4.09. The van der Waals surface area contributed by atoms with Crippen molar-refractivity contribution in [2.45, 2.75) is 0 Å². The summed E-state index contributed by atoms with van der Waals surface area (Å²) in [6, 6.07) is 11.7. The normalized spacial score (nSPS) is 18.4. The van der Waals surface area contributed by atoms with Crippen molar-refractivity contribution in [3.63, 3.8) is 0 Å². The van der Waals surface area contributed by atoms with Gasteiger partial charge in [0.25, 0.3) is 5.91 Å². The van der Waals surface area contributed by atoms with Gasteiger partial charge in [-0.25, -0.2) is 0 Å². The van der Waals surface area contributed by atoms with E-state index in [9.17, 15) is 10.1 Å². The maximum atomic E-state index is 13.5. The van der Waals surface area contributed by atoms with Crippen LogP contribution in [0.1, 0.15) is 11.1 Å². The Morgan fingerprint density at radius 2 is 1.79 bits per heavy atom. The lowest BCUT2D eigenvalue weighted by Crippen LogP contribution is -2.45. The molecule has 2 saturated heterocycles. The molecule has 9 heteroatoms. The number of likely N-dealkylation sites (N-methyl/N-ethyl adjacent to an activating group) is 1. The van der Waals surface area contributed by atoms with Gasteiger partial charge < -0.3 is 19.6 Å². The van der Waals surface area contributed by atoms with Gasteiger partial charge in [0.15, 0.2) is 0 Å². The first-order valence-corrected chi connectivity index (χ1v) is 12.8. The second-order valence-corrected chi connectivity index (χ2v) is 10.6. The fourth-order valence-corrected chi connectivity index (χ4v) is 5.48. The summed E-state index contributed by atoms with van der Waals surface area (Å²) in [5, 5.41) is 11.0. The van der Waals surface area contributed by atoms with Crippen LogP contribution < -0.4 is 14.7 Å². The number of nitriles is 1. The van der Waals surface area contributed by atoms with E-state index in [1.807, 2.05) is 43.3 Å². The van der Waals surface area contributed by atoms with Crippen molar-refractivity contribution in [3.05, 3.63) is 56.4 Å². The third-order valence-electron chi connectivity index (χ3n) is 6.13. The van der Waals surface area contributed by atoms with Gasteiger partial charge in [-0.2, -0.15) is 5.26 Å². The number of hydrogen-bond acceptors (Lipinski definition) is 6. The van der Waals surface area contributed by atoms with Crippen molar-refractivity contribution < 1.29 is 4.79 Å². The summed E-state index contributed by atoms with van der Waals surface area (Å²) in [5.41, 5.74) is 4.02. The topological polar surface area (TPSA) is 53.8 Å². The van der Waals surface area contributed by atoms with Crippen molar-refractivity contribution in [2.75, 3.05) is 74.3 Å². The lowest BCUT2D eigenvalue weighted by atomic mass is 10.0. The van der Waals surface area contributed by atoms with Crippen LogP contribution in [0.4, 0.5) is 17.1 Å². The quantitative estimate of drug-likeness (QED) is 0.544. The molecule has 2 aromatic rings. The molecule has 0 bridgehead atoms. The highest BCUT2D eigenvalue weighted by molar-refractivity contribution is 8.04. The van der Waals surface area contributed by atoms with Gasteiger partial charge in [-0.05, 0) is 37.4 Å². The Hall–Kier alpha value is -2.37. The standard InChI is InChI=1S/C25H27Cl2N5OS/c1-29(2)22-7-4-17(24(19(22)16-28)31-10-8-30(3)9-11-31)14-23-25(33)32(12-13-34-23)18-5-6-20(26)21(27)15-18/h4-7,14-15H,8-13H2,1-3H3. The molecule has 0 atom stereocenters. The molecular weight excluding hydrogens is 489 g/mol. The van der Waals surface area contributed by atoms with Crippen LogP contribution in [0.3, 0.4) is 0 Å². The second kappa shape index (κ2) is 10.5. The molecule has 0 N–H and O–H groups in total. The second-order valence-electron chi connectivity index (χ2n) is 8.61. The number of thioether (sulfide) groups is 1. The molecule has 34 heavy (non-hydrogen) atoms. The third-order valence-corrected chi connectivity index (χ3v) is 7.86. The smallest absolute Gasteiger partial charge is 0.264 e. The highest BCUT2D eigenvalue weighted by Crippen LogP contribution is 2.38.